The topological polar surface area (TPSA) is 40.8 Å². The van der Waals surface area contributed by atoms with Crippen LogP contribution < -0.4 is 5.32 Å². The fourth-order valence-electron chi connectivity index (χ4n) is 1.59. The number of nitrogens with zero attached hydrogens (tertiary/aromatic N) is 2. The van der Waals surface area contributed by atoms with Gasteiger partial charge in [0.05, 0.1) is 28.9 Å². The van der Waals surface area contributed by atoms with Gasteiger partial charge < -0.3 is 9.88 Å². The highest BCUT2D eigenvalue weighted by Crippen LogP contribution is 2.23. The van der Waals surface area contributed by atoms with E-state index in [2.05, 4.69) is 11.4 Å². The molecule has 86 valence electrons. The van der Waals surface area contributed by atoms with Crippen LogP contribution in [0, 0.1) is 11.3 Å². The average Bonchev–Trinajstić information content (AvgIpc) is 2.73. The Kier molecular flexibility index (Phi) is 3.36. The predicted octanol–water partition coefficient (Wildman–Crippen LogP) is 3.16. The summed E-state index contributed by atoms with van der Waals surface area (Å²) in [6.07, 6.45) is 2.00. The Morgan fingerprint density at radius 2 is 2.24 bits per heavy atom. The Morgan fingerprint density at radius 1 is 1.41 bits per heavy atom. The molecular formula is C13H12ClN3. The minimum atomic E-state index is 0.568. The van der Waals surface area contributed by atoms with Crippen molar-refractivity contribution >= 4 is 17.3 Å². The van der Waals surface area contributed by atoms with Gasteiger partial charge >= 0.3 is 0 Å². The average molecular weight is 246 g/mol. The molecule has 0 atom stereocenters. The van der Waals surface area contributed by atoms with Crippen LogP contribution in [0.25, 0.3) is 0 Å². The summed E-state index contributed by atoms with van der Waals surface area (Å²) in [5, 5.41) is 12.6. The molecule has 0 bridgehead atoms. The molecule has 17 heavy (non-hydrogen) atoms. The van der Waals surface area contributed by atoms with E-state index < -0.39 is 0 Å². The Bertz CT molecular complexity index is 566. The third-order valence-electron chi connectivity index (χ3n) is 2.61. The lowest BCUT2D eigenvalue weighted by atomic mass is 10.2. The van der Waals surface area contributed by atoms with Gasteiger partial charge in [0.1, 0.15) is 0 Å². The number of hydrogen-bond acceptors (Lipinski definition) is 2. The minimum Gasteiger partial charge on any atom is -0.378 e. The second-order valence-corrected chi connectivity index (χ2v) is 4.18. The first-order valence-corrected chi connectivity index (χ1v) is 5.62. The normalized spacial score (nSPS) is 9.94. The third kappa shape index (κ3) is 2.61. The number of aromatic nitrogens is 1. The van der Waals surface area contributed by atoms with Crippen LogP contribution in [0.3, 0.4) is 0 Å². The lowest BCUT2D eigenvalue weighted by Gasteiger charge is -2.09. The monoisotopic (exact) mass is 245 g/mol. The van der Waals surface area contributed by atoms with Crippen LogP contribution in [-0.4, -0.2) is 4.57 Å². The first-order chi connectivity index (χ1) is 8.20. The molecule has 1 N–H and O–H groups in total. The van der Waals surface area contributed by atoms with Crippen molar-refractivity contribution in [3.63, 3.8) is 0 Å². The molecule has 0 saturated heterocycles. The summed E-state index contributed by atoms with van der Waals surface area (Å²) < 4.78 is 2.05. The quantitative estimate of drug-likeness (QED) is 0.902. The summed E-state index contributed by atoms with van der Waals surface area (Å²) in [7, 11) is 2.00. The zero-order valence-electron chi connectivity index (χ0n) is 9.44. The Balaban J connectivity index is 2.10. The van der Waals surface area contributed by atoms with Crippen LogP contribution >= 0.6 is 11.6 Å². The number of aryl methyl sites for hydroxylation is 1. The van der Waals surface area contributed by atoms with E-state index in [9.17, 15) is 0 Å². The molecular weight excluding hydrogens is 234 g/mol. The van der Waals surface area contributed by atoms with Crippen LogP contribution in [0.2, 0.25) is 5.02 Å². The largest absolute Gasteiger partial charge is 0.378 e. The highest BCUT2D eigenvalue weighted by atomic mass is 35.5. The van der Waals surface area contributed by atoms with E-state index in [4.69, 9.17) is 16.9 Å². The molecule has 1 aromatic heterocycles. The summed E-state index contributed by atoms with van der Waals surface area (Å²) in [5.41, 5.74) is 2.58. The van der Waals surface area contributed by atoms with Crippen molar-refractivity contribution in [3.05, 3.63) is 52.8 Å². The third-order valence-corrected chi connectivity index (χ3v) is 2.92. The first-order valence-electron chi connectivity index (χ1n) is 5.24. The molecule has 0 radical (unpaired) electrons. The van der Waals surface area contributed by atoms with Crippen LogP contribution in [0.15, 0.2) is 36.5 Å². The van der Waals surface area contributed by atoms with E-state index in [1.165, 1.54) is 5.69 Å². The first kappa shape index (κ1) is 11.6. The van der Waals surface area contributed by atoms with Gasteiger partial charge in [0.2, 0.25) is 0 Å². The maximum Gasteiger partial charge on any atom is 0.0992 e. The lowest BCUT2D eigenvalue weighted by Crippen LogP contribution is -2.04. The Hall–Kier alpha value is -1.92. The molecule has 1 heterocycles. The van der Waals surface area contributed by atoms with E-state index >= 15 is 0 Å². The van der Waals surface area contributed by atoms with Gasteiger partial charge in [-0.15, -0.1) is 0 Å². The maximum absolute atomic E-state index is 8.74. The number of benzene rings is 1. The predicted molar refractivity (Wildman–Crippen MR) is 68.9 cm³/mol. The Morgan fingerprint density at radius 3 is 2.82 bits per heavy atom. The lowest BCUT2D eigenvalue weighted by molar-refractivity contribution is 0.842. The van der Waals surface area contributed by atoms with Gasteiger partial charge in [-0.3, -0.25) is 0 Å². The number of rotatable bonds is 3. The molecule has 0 aliphatic carbocycles. The van der Waals surface area contributed by atoms with Gasteiger partial charge in [-0.1, -0.05) is 11.6 Å². The molecule has 0 amide bonds. The van der Waals surface area contributed by atoms with Crippen LogP contribution in [0.5, 0.6) is 0 Å². The van der Waals surface area contributed by atoms with Gasteiger partial charge in [-0.2, -0.15) is 5.26 Å². The molecule has 0 unspecified atom stereocenters. The van der Waals surface area contributed by atoms with Crippen LogP contribution in [0.1, 0.15) is 11.3 Å². The zero-order valence-corrected chi connectivity index (χ0v) is 10.2. The van der Waals surface area contributed by atoms with Gasteiger partial charge in [-0.05, 0) is 30.3 Å². The summed E-state index contributed by atoms with van der Waals surface area (Å²) in [6.45, 7) is 0.703. The molecule has 0 aliphatic rings. The van der Waals surface area contributed by atoms with Gasteiger partial charge in [0, 0.05) is 18.9 Å². The number of halogens is 1. The van der Waals surface area contributed by atoms with Crippen molar-refractivity contribution in [1.82, 2.24) is 4.57 Å². The molecule has 0 aliphatic heterocycles. The SMILES string of the molecule is Cn1cccc1CNc1ccc(C#N)cc1Cl. The number of anilines is 1. The maximum atomic E-state index is 8.74. The van der Waals surface area contributed by atoms with Crippen molar-refractivity contribution in [2.45, 2.75) is 6.54 Å². The number of nitriles is 1. The molecule has 4 heteroatoms. The van der Waals surface area contributed by atoms with Gasteiger partial charge in [-0.25, -0.2) is 0 Å². The van der Waals surface area contributed by atoms with Crippen molar-refractivity contribution in [3.8, 4) is 6.07 Å². The van der Waals surface area contributed by atoms with Crippen LogP contribution in [0.4, 0.5) is 5.69 Å². The highest BCUT2D eigenvalue weighted by molar-refractivity contribution is 6.33. The Labute approximate surface area is 105 Å². The van der Waals surface area contributed by atoms with E-state index in [-0.39, 0.29) is 0 Å². The molecule has 0 saturated carbocycles. The molecule has 0 fully saturated rings. The van der Waals surface area contributed by atoms with Gasteiger partial charge in [0.25, 0.3) is 0 Å². The van der Waals surface area contributed by atoms with E-state index in [0.29, 0.717) is 17.1 Å². The van der Waals surface area contributed by atoms with E-state index in [0.717, 1.165) is 5.69 Å². The summed E-state index contributed by atoms with van der Waals surface area (Å²) in [6, 6.07) is 11.3. The smallest absolute Gasteiger partial charge is 0.0992 e. The fourth-order valence-corrected chi connectivity index (χ4v) is 1.84. The van der Waals surface area contributed by atoms with E-state index in [1.54, 1.807) is 12.1 Å². The second-order valence-electron chi connectivity index (χ2n) is 3.77. The van der Waals surface area contributed by atoms with Crippen molar-refractivity contribution < 1.29 is 0 Å². The molecule has 1 aromatic carbocycles. The number of nitrogens with one attached hydrogen (secondary N) is 1. The summed E-state index contributed by atoms with van der Waals surface area (Å²) in [4.78, 5) is 0. The minimum absolute atomic E-state index is 0.568. The fraction of sp³-hybridized carbons (Fsp3) is 0.154. The second kappa shape index (κ2) is 4.94. The number of hydrogen-bond donors (Lipinski definition) is 1. The standard InChI is InChI=1S/C13H12ClN3/c1-17-6-2-3-11(17)9-16-13-5-4-10(8-15)7-12(13)14/h2-7,16H,9H2,1H3. The van der Waals surface area contributed by atoms with Crippen molar-refractivity contribution in [2.24, 2.45) is 7.05 Å². The summed E-state index contributed by atoms with van der Waals surface area (Å²) in [5.74, 6) is 0. The summed E-state index contributed by atoms with van der Waals surface area (Å²) >= 11 is 6.07. The molecule has 3 nitrogen and oxygen atoms in total. The molecule has 2 rings (SSSR count). The van der Waals surface area contributed by atoms with Crippen molar-refractivity contribution in [1.29, 1.82) is 5.26 Å². The van der Waals surface area contributed by atoms with Crippen molar-refractivity contribution in [2.75, 3.05) is 5.32 Å². The highest BCUT2D eigenvalue weighted by Gasteiger charge is 2.02. The van der Waals surface area contributed by atoms with Gasteiger partial charge in [0.15, 0.2) is 0 Å². The molecule has 2 aromatic rings. The van der Waals surface area contributed by atoms with E-state index in [1.807, 2.05) is 36.0 Å². The zero-order chi connectivity index (χ0) is 12.3. The van der Waals surface area contributed by atoms with Crippen LogP contribution in [-0.2, 0) is 13.6 Å². The molecule has 0 spiro atoms.